The summed E-state index contributed by atoms with van der Waals surface area (Å²) in [4.78, 5) is 39.4. The molecule has 1 N–H and O–H groups in total. The van der Waals surface area contributed by atoms with Crippen molar-refractivity contribution >= 4 is 23.4 Å². The maximum absolute atomic E-state index is 13.2. The fraction of sp³-hybridized carbons (Fsp3) is 0.571. The first-order valence-electron chi connectivity index (χ1n) is 10.3. The van der Waals surface area contributed by atoms with Gasteiger partial charge < -0.3 is 15.0 Å². The van der Waals surface area contributed by atoms with Gasteiger partial charge in [-0.15, -0.1) is 0 Å². The molecule has 2 amide bonds. The molecule has 2 fully saturated rings. The number of nitriles is 1. The number of hydrogen-bond donors (Lipinski definition) is 1. The van der Waals surface area contributed by atoms with Gasteiger partial charge in [0.1, 0.15) is 17.7 Å². The number of carbonyl (C=O) groups is 2. The van der Waals surface area contributed by atoms with Crippen molar-refractivity contribution in [2.24, 2.45) is 0 Å². The Morgan fingerprint density at radius 1 is 1.26 bits per heavy atom. The van der Waals surface area contributed by atoms with Crippen molar-refractivity contribution < 1.29 is 19.2 Å². The number of hydrogen-bond acceptors (Lipinski definition) is 7. The molecular formula is C21H27N5O5. The van der Waals surface area contributed by atoms with E-state index in [4.69, 9.17) is 4.74 Å². The summed E-state index contributed by atoms with van der Waals surface area (Å²) in [5.74, 6) is -0.247. The minimum atomic E-state index is -0.737. The Labute approximate surface area is 180 Å². The van der Waals surface area contributed by atoms with Crippen LogP contribution < -0.4 is 5.32 Å². The molecule has 166 valence electrons. The second-order valence-corrected chi connectivity index (χ2v) is 8.85. The Hall–Kier alpha value is -3.35. The largest absolute Gasteiger partial charge is 0.444 e. The number of non-ortho nitro benzene ring substituents is 1. The summed E-state index contributed by atoms with van der Waals surface area (Å²) in [7, 11) is 0. The molecule has 2 aliphatic rings. The zero-order chi connectivity index (χ0) is 22.8. The van der Waals surface area contributed by atoms with Crippen molar-refractivity contribution in [1.29, 1.82) is 5.26 Å². The molecule has 0 spiro atoms. The number of likely N-dealkylation sites (tertiary alicyclic amines) is 2. The normalized spacial score (nSPS) is 23.4. The van der Waals surface area contributed by atoms with Crippen molar-refractivity contribution in [1.82, 2.24) is 9.80 Å². The van der Waals surface area contributed by atoms with Gasteiger partial charge in [-0.3, -0.25) is 19.8 Å². The molecule has 1 aromatic rings. The fourth-order valence-corrected chi connectivity index (χ4v) is 3.97. The number of nitro benzene ring substituents is 1. The summed E-state index contributed by atoms with van der Waals surface area (Å²) < 4.78 is 5.51. The maximum atomic E-state index is 13.2. The van der Waals surface area contributed by atoms with Crippen LogP contribution in [0.2, 0.25) is 0 Å². The van der Waals surface area contributed by atoms with Crippen molar-refractivity contribution in [3.05, 3.63) is 34.4 Å². The molecule has 3 rings (SSSR count). The quantitative estimate of drug-likeness (QED) is 0.575. The molecule has 1 aromatic carbocycles. The average molecular weight is 429 g/mol. The summed E-state index contributed by atoms with van der Waals surface area (Å²) in [6.45, 7) is 6.02. The van der Waals surface area contributed by atoms with E-state index in [1.165, 1.54) is 17.0 Å². The minimum Gasteiger partial charge on any atom is -0.444 e. The molecule has 0 radical (unpaired) electrons. The molecule has 10 nitrogen and oxygen atoms in total. The molecule has 10 heteroatoms. The van der Waals surface area contributed by atoms with Crippen LogP contribution in [-0.4, -0.2) is 63.5 Å². The van der Waals surface area contributed by atoms with E-state index in [-0.39, 0.29) is 24.2 Å². The molecule has 3 atom stereocenters. The van der Waals surface area contributed by atoms with E-state index in [0.717, 1.165) is 6.42 Å². The lowest BCUT2D eigenvalue weighted by Gasteiger charge is -2.30. The number of benzene rings is 1. The summed E-state index contributed by atoms with van der Waals surface area (Å²) in [6.07, 6.45) is 1.16. The number of ether oxygens (including phenoxy) is 1. The highest BCUT2D eigenvalue weighted by atomic mass is 16.6. The summed E-state index contributed by atoms with van der Waals surface area (Å²) >= 11 is 0. The Morgan fingerprint density at radius 2 is 1.94 bits per heavy atom. The highest BCUT2D eigenvalue weighted by Gasteiger charge is 2.45. The van der Waals surface area contributed by atoms with Crippen LogP contribution in [0.5, 0.6) is 0 Å². The van der Waals surface area contributed by atoms with E-state index in [2.05, 4.69) is 11.4 Å². The first-order chi connectivity index (χ1) is 14.6. The van der Waals surface area contributed by atoms with Crippen molar-refractivity contribution in [2.45, 2.75) is 63.8 Å². The third-order valence-corrected chi connectivity index (χ3v) is 5.35. The van der Waals surface area contributed by atoms with E-state index in [1.807, 2.05) is 0 Å². The lowest BCUT2D eigenvalue weighted by atomic mass is 10.1. The van der Waals surface area contributed by atoms with Gasteiger partial charge in [0.05, 0.1) is 11.0 Å². The number of carbonyl (C=O) groups excluding carboxylic acids is 2. The maximum Gasteiger partial charge on any atom is 0.411 e. The van der Waals surface area contributed by atoms with Crippen LogP contribution in [0.3, 0.4) is 0 Å². The van der Waals surface area contributed by atoms with E-state index in [1.54, 1.807) is 37.8 Å². The molecule has 31 heavy (non-hydrogen) atoms. The lowest BCUT2D eigenvalue weighted by molar-refractivity contribution is -0.384. The Kier molecular flexibility index (Phi) is 6.34. The second kappa shape index (κ2) is 8.79. The van der Waals surface area contributed by atoms with Crippen LogP contribution >= 0.6 is 0 Å². The van der Waals surface area contributed by atoms with Gasteiger partial charge >= 0.3 is 6.09 Å². The van der Waals surface area contributed by atoms with E-state index >= 15 is 0 Å². The monoisotopic (exact) mass is 429 g/mol. The number of nitrogens with zero attached hydrogens (tertiary/aromatic N) is 4. The van der Waals surface area contributed by atoms with Crippen LogP contribution in [0.1, 0.15) is 40.0 Å². The molecule has 0 aromatic heterocycles. The van der Waals surface area contributed by atoms with Crippen LogP contribution in [0.4, 0.5) is 16.2 Å². The van der Waals surface area contributed by atoms with Crippen molar-refractivity contribution in [3.8, 4) is 6.07 Å². The van der Waals surface area contributed by atoms with Gasteiger partial charge in [-0.2, -0.15) is 5.26 Å². The topological polar surface area (TPSA) is 129 Å². The number of rotatable bonds is 4. The Balaban J connectivity index is 1.77. The van der Waals surface area contributed by atoms with E-state index in [0.29, 0.717) is 25.1 Å². The Morgan fingerprint density at radius 3 is 2.52 bits per heavy atom. The van der Waals surface area contributed by atoms with Gasteiger partial charge in [-0.25, -0.2) is 4.79 Å². The van der Waals surface area contributed by atoms with E-state index in [9.17, 15) is 25.0 Å². The average Bonchev–Trinajstić information content (AvgIpc) is 3.33. The van der Waals surface area contributed by atoms with Gasteiger partial charge in [-0.05, 0) is 52.2 Å². The van der Waals surface area contributed by atoms with Crippen molar-refractivity contribution in [3.63, 3.8) is 0 Å². The van der Waals surface area contributed by atoms with Gasteiger partial charge in [0, 0.05) is 37.0 Å². The first-order valence-corrected chi connectivity index (χ1v) is 10.3. The van der Waals surface area contributed by atoms with Crippen molar-refractivity contribution in [2.75, 3.05) is 18.4 Å². The zero-order valence-electron chi connectivity index (χ0n) is 17.9. The molecule has 0 aliphatic carbocycles. The lowest BCUT2D eigenvalue weighted by Crippen LogP contribution is -2.50. The summed E-state index contributed by atoms with van der Waals surface area (Å²) in [5.41, 5.74) is -0.0712. The number of anilines is 1. The number of nitrogens with one attached hydrogen (secondary N) is 1. The van der Waals surface area contributed by atoms with Crippen LogP contribution in [-0.2, 0) is 9.53 Å². The van der Waals surface area contributed by atoms with E-state index < -0.39 is 28.7 Å². The van der Waals surface area contributed by atoms with Gasteiger partial charge in [-0.1, -0.05) is 0 Å². The van der Waals surface area contributed by atoms with Crippen LogP contribution in [0, 0.1) is 21.4 Å². The predicted octanol–water partition coefficient (Wildman–Crippen LogP) is 2.90. The first kappa shape index (κ1) is 22.3. The smallest absolute Gasteiger partial charge is 0.411 e. The third-order valence-electron chi connectivity index (χ3n) is 5.35. The molecule has 0 saturated carbocycles. The second-order valence-electron chi connectivity index (χ2n) is 8.85. The van der Waals surface area contributed by atoms with Gasteiger partial charge in [0.2, 0.25) is 5.91 Å². The van der Waals surface area contributed by atoms with Gasteiger partial charge in [0.15, 0.2) is 0 Å². The molecule has 2 saturated heterocycles. The highest BCUT2D eigenvalue weighted by Crippen LogP contribution is 2.28. The van der Waals surface area contributed by atoms with Gasteiger partial charge in [0.25, 0.3) is 5.69 Å². The summed E-state index contributed by atoms with van der Waals surface area (Å²) in [5, 5.41) is 23.4. The third kappa shape index (κ3) is 5.23. The highest BCUT2D eigenvalue weighted by molar-refractivity contribution is 5.87. The zero-order valence-corrected chi connectivity index (χ0v) is 17.9. The predicted molar refractivity (Wildman–Crippen MR) is 112 cm³/mol. The fourth-order valence-electron chi connectivity index (χ4n) is 3.97. The minimum absolute atomic E-state index is 0.0167. The van der Waals surface area contributed by atoms with Crippen LogP contribution in [0.15, 0.2) is 24.3 Å². The number of nitro groups is 1. The number of amides is 2. The summed E-state index contributed by atoms with van der Waals surface area (Å²) in [6, 6.07) is 6.69. The standard InChI is InChI=1S/C21H27N5O5/c1-21(2,3)31-20(28)25-13-15(23-14-6-8-16(9-7-14)26(29)30)11-18(25)19(27)24-10-4-5-17(24)12-22/h6-9,15,17-18,23H,4-5,10-11,13H2,1-3H3/t15-,17-,18-/m0/s1. The van der Waals surface area contributed by atoms with Crippen LogP contribution in [0.25, 0.3) is 0 Å². The molecule has 0 bridgehead atoms. The molecule has 2 aliphatic heterocycles. The Bertz CT molecular complexity index is 889. The molecule has 2 heterocycles. The molecule has 0 unspecified atom stereocenters. The SMILES string of the molecule is CC(C)(C)OC(=O)N1C[C@@H](Nc2ccc([N+](=O)[O-])cc2)C[C@H]1C(=O)N1CCC[C@H]1C#N. The molecular weight excluding hydrogens is 402 g/mol.